The molecule has 19 heavy (non-hydrogen) atoms. The van der Waals surface area contributed by atoms with Crippen LogP contribution in [0.4, 0.5) is 0 Å². The molecule has 1 amide bonds. The van der Waals surface area contributed by atoms with Gasteiger partial charge >= 0.3 is 5.97 Å². The van der Waals surface area contributed by atoms with Gasteiger partial charge in [-0.15, -0.1) is 11.3 Å². The van der Waals surface area contributed by atoms with E-state index in [1.54, 1.807) is 11.8 Å². The summed E-state index contributed by atoms with van der Waals surface area (Å²) in [7, 11) is 0. The second-order valence-corrected chi connectivity index (χ2v) is 6.77. The van der Waals surface area contributed by atoms with Crippen molar-refractivity contribution in [2.45, 2.75) is 19.8 Å². The van der Waals surface area contributed by atoms with E-state index in [2.05, 4.69) is 15.9 Å². The summed E-state index contributed by atoms with van der Waals surface area (Å²) < 4.78 is 5.98. The highest BCUT2D eigenvalue weighted by atomic mass is 79.9. The smallest absolute Gasteiger partial charge is 0.310 e. The third-order valence-corrected chi connectivity index (χ3v) is 4.65. The van der Waals surface area contributed by atoms with E-state index >= 15 is 0 Å². The van der Waals surface area contributed by atoms with Gasteiger partial charge in [-0.3, -0.25) is 9.59 Å². The largest absolute Gasteiger partial charge is 0.466 e. The number of amides is 1. The topological polar surface area (TPSA) is 46.6 Å². The Kier molecular flexibility index (Phi) is 4.99. The number of carbonyl (C=O) groups excluding carboxylic acids is 2. The number of hydrogen-bond acceptors (Lipinski definition) is 4. The third-order valence-electron chi connectivity index (χ3n) is 3.14. The highest BCUT2D eigenvalue weighted by molar-refractivity contribution is 9.11. The van der Waals surface area contributed by atoms with Gasteiger partial charge in [0.15, 0.2) is 0 Å². The minimum absolute atomic E-state index is 0.00375. The maximum Gasteiger partial charge on any atom is 0.310 e. The van der Waals surface area contributed by atoms with E-state index in [0.29, 0.717) is 25.3 Å². The first-order valence-corrected chi connectivity index (χ1v) is 7.99. The number of carbonyl (C=O) groups is 2. The predicted molar refractivity (Wildman–Crippen MR) is 77.3 cm³/mol. The standard InChI is InChI=1S/C13H16BrNO3S/c1-2-18-13(17)9-4-3-5-15(7-9)12(16)10-6-11(14)19-8-10/h6,8-9H,2-5,7H2,1H3/t9-/m1/s1. The lowest BCUT2D eigenvalue weighted by molar-refractivity contribution is -0.149. The van der Waals surface area contributed by atoms with Crippen molar-refractivity contribution in [1.82, 2.24) is 4.90 Å². The molecular weight excluding hydrogens is 330 g/mol. The van der Waals surface area contributed by atoms with Gasteiger partial charge in [0.05, 0.1) is 21.9 Å². The zero-order chi connectivity index (χ0) is 13.8. The second kappa shape index (κ2) is 6.52. The van der Waals surface area contributed by atoms with Crippen LogP contribution in [0.25, 0.3) is 0 Å². The van der Waals surface area contributed by atoms with Crippen molar-refractivity contribution in [2.24, 2.45) is 5.92 Å². The van der Waals surface area contributed by atoms with Crippen LogP contribution in [0.1, 0.15) is 30.1 Å². The fourth-order valence-corrected chi connectivity index (χ4v) is 3.35. The number of thiophene rings is 1. The summed E-state index contributed by atoms with van der Waals surface area (Å²) in [5.74, 6) is -0.373. The van der Waals surface area contributed by atoms with Crippen molar-refractivity contribution in [3.63, 3.8) is 0 Å². The van der Waals surface area contributed by atoms with Gasteiger partial charge in [-0.25, -0.2) is 0 Å². The average molecular weight is 346 g/mol. The zero-order valence-electron chi connectivity index (χ0n) is 10.7. The van der Waals surface area contributed by atoms with Crippen LogP contribution < -0.4 is 0 Å². The van der Waals surface area contributed by atoms with Crippen molar-refractivity contribution >= 4 is 39.1 Å². The van der Waals surface area contributed by atoms with E-state index in [1.807, 2.05) is 11.4 Å². The van der Waals surface area contributed by atoms with Crippen LogP contribution in [0.2, 0.25) is 0 Å². The minimum Gasteiger partial charge on any atom is -0.466 e. The van der Waals surface area contributed by atoms with Gasteiger partial charge in [0.2, 0.25) is 0 Å². The molecule has 1 aromatic rings. The Morgan fingerprint density at radius 2 is 2.37 bits per heavy atom. The fourth-order valence-electron chi connectivity index (χ4n) is 2.22. The van der Waals surface area contributed by atoms with Crippen molar-refractivity contribution < 1.29 is 14.3 Å². The molecule has 0 spiro atoms. The summed E-state index contributed by atoms with van der Waals surface area (Å²) in [5, 5.41) is 1.83. The molecule has 0 aromatic carbocycles. The normalized spacial score (nSPS) is 19.3. The molecule has 104 valence electrons. The quantitative estimate of drug-likeness (QED) is 0.791. The van der Waals surface area contributed by atoms with E-state index in [-0.39, 0.29) is 17.8 Å². The Hall–Kier alpha value is -0.880. The number of piperidine rings is 1. The SMILES string of the molecule is CCOC(=O)[C@@H]1CCCN(C(=O)c2csc(Br)c2)C1. The molecule has 1 aromatic heterocycles. The van der Waals surface area contributed by atoms with Crippen LogP contribution in [0.15, 0.2) is 15.2 Å². The molecule has 1 fully saturated rings. The summed E-state index contributed by atoms with van der Waals surface area (Å²) in [6, 6.07) is 1.82. The minimum atomic E-state index is -0.188. The van der Waals surface area contributed by atoms with Gasteiger partial charge in [-0.2, -0.15) is 0 Å². The van der Waals surface area contributed by atoms with Crippen molar-refractivity contribution in [2.75, 3.05) is 19.7 Å². The van der Waals surface area contributed by atoms with E-state index < -0.39 is 0 Å². The number of esters is 1. The number of ether oxygens (including phenoxy) is 1. The molecule has 1 atom stereocenters. The highest BCUT2D eigenvalue weighted by Gasteiger charge is 2.29. The molecule has 0 bridgehead atoms. The molecule has 4 nitrogen and oxygen atoms in total. The molecule has 1 aliphatic heterocycles. The van der Waals surface area contributed by atoms with Gasteiger partial charge in [-0.1, -0.05) is 0 Å². The van der Waals surface area contributed by atoms with E-state index in [9.17, 15) is 9.59 Å². The van der Waals surface area contributed by atoms with E-state index in [0.717, 1.165) is 16.6 Å². The Morgan fingerprint density at radius 3 is 3.00 bits per heavy atom. The monoisotopic (exact) mass is 345 g/mol. The fraction of sp³-hybridized carbons (Fsp3) is 0.538. The van der Waals surface area contributed by atoms with E-state index in [1.165, 1.54) is 11.3 Å². The Labute approximate surface area is 124 Å². The molecule has 1 saturated heterocycles. The summed E-state index contributed by atoms with van der Waals surface area (Å²) >= 11 is 4.84. The van der Waals surface area contributed by atoms with Gasteiger partial charge in [0.1, 0.15) is 0 Å². The first kappa shape index (κ1) is 14.5. The van der Waals surface area contributed by atoms with Crippen LogP contribution >= 0.6 is 27.3 Å². The molecule has 2 rings (SSSR count). The maximum absolute atomic E-state index is 12.3. The molecule has 2 heterocycles. The van der Waals surface area contributed by atoms with Gasteiger partial charge in [0, 0.05) is 18.5 Å². The average Bonchev–Trinajstić information content (AvgIpc) is 2.85. The lowest BCUT2D eigenvalue weighted by atomic mass is 9.98. The Morgan fingerprint density at radius 1 is 1.58 bits per heavy atom. The van der Waals surface area contributed by atoms with Crippen molar-refractivity contribution in [3.05, 3.63) is 20.8 Å². The molecule has 1 aliphatic rings. The number of halogens is 1. The van der Waals surface area contributed by atoms with Crippen LogP contribution in [0.3, 0.4) is 0 Å². The van der Waals surface area contributed by atoms with Gasteiger partial charge < -0.3 is 9.64 Å². The first-order valence-electron chi connectivity index (χ1n) is 6.31. The van der Waals surface area contributed by atoms with Crippen LogP contribution in [-0.4, -0.2) is 36.5 Å². The van der Waals surface area contributed by atoms with E-state index in [4.69, 9.17) is 4.74 Å². The highest BCUT2D eigenvalue weighted by Crippen LogP contribution is 2.24. The lowest BCUT2D eigenvalue weighted by Crippen LogP contribution is -2.42. The molecule has 0 N–H and O–H groups in total. The second-order valence-electron chi connectivity index (χ2n) is 4.48. The maximum atomic E-state index is 12.3. The predicted octanol–water partition coefficient (Wildman–Crippen LogP) is 2.93. The first-order chi connectivity index (χ1) is 9.11. The zero-order valence-corrected chi connectivity index (χ0v) is 13.1. The lowest BCUT2D eigenvalue weighted by Gasteiger charge is -2.31. The Bertz CT molecular complexity index is 474. The summed E-state index contributed by atoms with van der Waals surface area (Å²) in [5.41, 5.74) is 0.682. The van der Waals surface area contributed by atoms with Crippen molar-refractivity contribution in [3.8, 4) is 0 Å². The number of likely N-dealkylation sites (tertiary alicyclic amines) is 1. The number of nitrogens with zero attached hydrogens (tertiary/aromatic N) is 1. The molecule has 6 heteroatoms. The summed E-state index contributed by atoms with van der Waals surface area (Å²) in [4.78, 5) is 25.8. The van der Waals surface area contributed by atoms with Crippen LogP contribution in [0.5, 0.6) is 0 Å². The summed E-state index contributed by atoms with van der Waals surface area (Å²) in [6.07, 6.45) is 1.65. The van der Waals surface area contributed by atoms with Crippen LogP contribution in [0, 0.1) is 5.92 Å². The molecule has 0 saturated carbocycles. The number of rotatable bonds is 3. The molecular formula is C13H16BrNO3S. The molecule has 0 radical (unpaired) electrons. The summed E-state index contributed by atoms with van der Waals surface area (Å²) in [6.45, 7) is 3.36. The van der Waals surface area contributed by atoms with Crippen LogP contribution in [-0.2, 0) is 9.53 Å². The van der Waals surface area contributed by atoms with Gasteiger partial charge in [-0.05, 0) is 41.8 Å². The number of hydrogen-bond donors (Lipinski definition) is 0. The van der Waals surface area contributed by atoms with Gasteiger partial charge in [0.25, 0.3) is 5.91 Å². The Balaban J connectivity index is 2.01. The molecule has 0 aliphatic carbocycles. The molecule has 0 unspecified atom stereocenters. The van der Waals surface area contributed by atoms with Crippen molar-refractivity contribution in [1.29, 1.82) is 0 Å². The third kappa shape index (κ3) is 3.57.